The van der Waals surface area contributed by atoms with Crippen LogP contribution in [0.5, 0.6) is 0 Å². The molecular weight excluding hydrogens is 196 g/mol. The van der Waals surface area contributed by atoms with Gasteiger partial charge in [-0.25, -0.2) is 0 Å². The number of para-hydroxylation sites is 1. The molecule has 86 valence electrons. The van der Waals surface area contributed by atoms with Gasteiger partial charge in [0.15, 0.2) is 0 Å². The Morgan fingerprint density at radius 3 is 3.00 bits per heavy atom. The van der Waals surface area contributed by atoms with Crippen molar-refractivity contribution in [1.29, 1.82) is 0 Å². The summed E-state index contributed by atoms with van der Waals surface area (Å²) in [5.41, 5.74) is 3.02. The van der Waals surface area contributed by atoms with Gasteiger partial charge < -0.3 is 10.2 Å². The van der Waals surface area contributed by atoms with Crippen molar-refractivity contribution in [2.75, 3.05) is 24.5 Å². The third-order valence-corrected chi connectivity index (χ3v) is 3.85. The molecular formula is C14H20N2. The summed E-state index contributed by atoms with van der Waals surface area (Å²) in [4.78, 5) is 2.63. The van der Waals surface area contributed by atoms with Crippen LogP contribution in [0.1, 0.15) is 18.9 Å². The van der Waals surface area contributed by atoms with Gasteiger partial charge in [0.2, 0.25) is 0 Å². The maximum Gasteiger partial charge on any atom is 0.0426 e. The molecule has 0 bridgehead atoms. The Bertz CT molecular complexity index is 369. The van der Waals surface area contributed by atoms with Crippen LogP contribution >= 0.6 is 0 Å². The molecule has 1 fully saturated rings. The van der Waals surface area contributed by atoms with Crippen LogP contribution in [0.15, 0.2) is 24.3 Å². The van der Waals surface area contributed by atoms with Crippen molar-refractivity contribution in [2.45, 2.75) is 25.8 Å². The zero-order valence-electron chi connectivity index (χ0n) is 9.95. The van der Waals surface area contributed by atoms with Gasteiger partial charge in [-0.2, -0.15) is 0 Å². The molecule has 2 nitrogen and oxygen atoms in total. The molecule has 3 rings (SSSR count). The van der Waals surface area contributed by atoms with Gasteiger partial charge in [0.25, 0.3) is 0 Å². The fraction of sp³-hybridized carbons (Fsp3) is 0.571. The zero-order valence-corrected chi connectivity index (χ0v) is 9.95. The molecule has 2 heteroatoms. The Hall–Kier alpha value is -1.02. The molecule has 1 N–H and O–H groups in total. The Balaban J connectivity index is 1.93. The lowest BCUT2D eigenvalue weighted by molar-refractivity contribution is 0.492. The Labute approximate surface area is 97.6 Å². The Morgan fingerprint density at radius 1 is 1.31 bits per heavy atom. The highest BCUT2D eigenvalue weighted by Gasteiger charge is 2.28. The van der Waals surface area contributed by atoms with E-state index in [1.165, 1.54) is 37.2 Å². The third kappa shape index (κ3) is 1.71. The molecule has 1 saturated heterocycles. The maximum atomic E-state index is 3.47. The molecule has 0 saturated carbocycles. The van der Waals surface area contributed by atoms with Crippen LogP contribution in [-0.2, 0) is 6.42 Å². The van der Waals surface area contributed by atoms with Gasteiger partial charge in [-0.1, -0.05) is 25.1 Å². The molecule has 2 unspecified atom stereocenters. The molecule has 0 radical (unpaired) electrons. The number of hydrogen-bond donors (Lipinski definition) is 1. The van der Waals surface area contributed by atoms with Crippen molar-refractivity contribution < 1.29 is 0 Å². The number of rotatable bonds is 1. The fourth-order valence-electron chi connectivity index (χ4n) is 3.09. The lowest BCUT2D eigenvalue weighted by Crippen LogP contribution is -2.43. The predicted molar refractivity (Wildman–Crippen MR) is 67.9 cm³/mol. The summed E-state index contributed by atoms with van der Waals surface area (Å²) >= 11 is 0. The van der Waals surface area contributed by atoms with Crippen molar-refractivity contribution in [2.24, 2.45) is 5.92 Å². The molecule has 0 aliphatic carbocycles. The van der Waals surface area contributed by atoms with E-state index in [0.717, 1.165) is 12.5 Å². The minimum Gasteiger partial charge on any atom is -0.367 e. The average Bonchev–Trinajstić information content (AvgIpc) is 2.81. The smallest absolute Gasteiger partial charge is 0.0426 e. The maximum absolute atomic E-state index is 3.47. The van der Waals surface area contributed by atoms with Crippen LogP contribution in [-0.4, -0.2) is 25.7 Å². The van der Waals surface area contributed by atoms with E-state index in [2.05, 4.69) is 41.4 Å². The minimum absolute atomic E-state index is 0.712. The summed E-state index contributed by atoms with van der Waals surface area (Å²) in [6.07, 6.45) is 2.54. The topological polar surface area (TPSA) is 15.3 Å². The number of benzene rings is 1. The van der Waals surface area contributed by atoms with E-state index in [9.17, 15) is 0 Å². The predicted octanol–water partition coefficient (Wildman–Crippen LogP) is 2.05. The molecule has 2 aliphatic rings. The number of hydrogen-bond acceptors (Lipinski definition) is 2. The summed E-state index contributed by atoms with van der Waals surface area (Å²) in [6, 6.07) is 9.63. The second kappa shape index (κ2) is 4.10. The highest BCUT2D eigenvalue weighted by atomic mass is 15.2. The molecule has 16 heavy (non-hydrogen) atoms. The normalized spacial score (nSPS) is 29.2. The van der Waals surface area contributed by atoms with Gasteiger partial charge in [-0.05, 0) is 36.9 Å². The van der Waals surface area contributed by atoms with E-state index in [4.69, 9.17) is 0 Å². The van der Waals surface area contributed by atoms with Crippen molar-refractivity contribution >= 4 is 5.69 Å². The van der Waals surface area contributed by atoms with Gasteiger partial charge in [0.1, 0.15) is 0 Å². The molecule has 2 heterocycles. The third-order valence-electron chi connectivity index (χ3n) is 3.85. The standard InChI is InChI=1S/C14H20N2/c1-11-8-12-4-2-3-5-14(12)16(10-11)13-6-7-15-9-13/h2-5,11,13,15H,6-10H2,1H3. The van der Waals surface area contributed by atoms with Crippen molar-refractivity contribution in [3.8, 4) is 0 Å². The number of nitrogens with zero attached hydrogens (tertiary/aromatic N) is 1. The monoisotopic (exact) mass is 216 g/mol. The van der Waals surface area contributed by atoms with Crippen molar-refractivity contribution in [3.05, 3.63) is 29.8 Å². The summed E-state index contributed by atoms with van der Waals surface area (Å²) in [5.74, 6) is 0.787. The van der Waals surface area contributed by atoms with Crippen LogP contribution in [0.25, 0.3) is 0 Å². The molecule has 0 spiro atoms. The highest BCUT2D eigenvalue weighted by Crippen LogP contribution is 2.31. The van der Waals surface area contributed by atoms with Crippen molar-refractivity contribution in [3.63, 3.8) is 0 Å². The lowest BCUT2D eigenvalue weighted by Gasteiger charge is -2.38. The molecule has 0 amide bonds. The van der Waals surface area contributed by atoms with Gasteiger partial charge in [-0.3, -0.25) is 0 Å². The summed E-state index contributed by atoms with van der Waals surface area (Å²) in [6.45, 7) is 5.92. The van der Waals surface area contributed by atoms with E-state index in [1.54, 1.807) is 0 Å². The molecule has 1 aromatic rings. The van der Waals surface area contributed by atoms with E-state index >= 15 is 0 Å². The van der Waals surface area contributed by atoms with Gasteiger partial charge in [0.05, 0.1) is 0 Å². The molecule has 2 aliphatic heterocycles. The zero-order chi connectivity index (χ0) is 11.0. The SMILES string of the molecule is CC1Cc2ccccc2N(C2CCNC2)C1. The van der Waals surface area contributed by atoms with E-state index in [0.29, 0.717) is 6.04 Å². The first-order chi connectivity index (χ1) is 7.84. The van der Waals surface area contributed by atoms with Crippen LogP contribution in [0.3, 0.4) is 0 Å². The number of nitrogens with one attached hydrogen (secondary N) is 1. The van der Waals surface area contributed by atoms with Crippen LogP contribution in [0.4, 0.5) is 5.69 Å². The highest BCUT2D eigenvalue weighted by molar-refractivity contribution is 5.56. The molecule has 1 aromatic carbocycles. The van der Waals surface area contributed by atoms with Crippen molar-refractivity contribution in [1.82, 2.24) is 5.32 Å². The first-order valence-corrected chi connectivity index (χ1v) is 6.40. The van der Waals surface area contributed by atoms with E-state index in [-0.39, 0.29) is 0 Å². The number of fused-ring (bicyclic) bond motifs is 1. The Morgan fingerprint density at radius 2 is 2.19 bits per heavy atom. The van der Waals surface area contributed by atoms with Gasteiger partial charge in [-0.15, -0.1) is 0 Å². The average molecular weight is 216 g/mol. The largest absolute Gasteiger partial charge is 0.367 e. The van der Waals surface area contributed by atoms with Crippen LogP contribution in [0.2, 0.25) is 0 Å². The first-order valence-electron chi connectivity index (χ1n) is 6.40. The first kappa shape index (κ1) is 10.2. The Kier molecular flexibility index (Phi) is 2.60. The summed E-state index contributed by atoms with van der Waals surface area (Å²) < 4.78 is 0. The van der Waals surface area contributed by atoms with Crippen LogP contribution in [0, 0.1) is 5.92 Å². The summed E-state index contributed by atoms with van der Waals surface area (Å²) in [7, 11) is 0. The van der Waals surface area contributed by atoms with Crippen LogP contribution < -0.4 is 10.2 Å². The fourth-order valence-corrected chi connectivity index (χ4v) is 3.09. The van der Waals surface area contributed by atoms with Gasteiger partial charge in [0, 0.05) is 24.8 Å². The quantitative estimate of drug-likeness (QED) is 0.773. The number of anilines is 1. The second-order valence-electron chi connectivity index (χ2n) is 5.24. The van der Waals surface area contributed by atoms with E-state index in [1.807, 2.05) is 0 Å². The second-order valence-corrected chi connectivity index (χ2v) is 5.24. The molecule has 0 aromatic heterocycles. The summed E-state index contributed by atoms with van der Waals surface area (Å²) in [5, 5.41) is 3.47. The van der Waals surface area contributed by atoms with Gasteiger partial charge >= 0.3 is 0 Å². The lowest BCUT2D eigenvalue weighted by atomic mass is 9.92. The molecule has 2 atom stereocenters. The van der Waals surface area contributed by atoms with E-state index < -0.39 is 0 Å². The minimum atomic E-state index is 0.712.